The monoisotopic (exact) mass is 474 g/mol. The minimum atomic E-state index is -2.07. The van der Waals surface area contributed by atoms with Gasteiger partial charge in [0.15, 0.2) is 11.5 Å². The number of fused-ring (bicyclic) bond motifs is 5. The molecule has 170 valence electrons. The normalized spacial score (nSPS) is 43.7. The van der Waals surface area contributed by atoms with Crippen molar-refractivity contribution in [3.05, 3.63) is 23.8 Å². The van der Waals surface area contributed by atoms with Gasteiger partial charge in [0.1, 0.15) is 0 Å². The van der Waals surface area contributed by atoms with Gasteiger partial charge in [0.2, 0.25) is 4.84 Å². The molecule has 0 aromatic rings. The average molecular weight is 475 g/mol. The highest BCUT2D eigenvalue weighted by Crippen LogP contribution is 2.69. The summed E-state index contributed by atoms with van der Waals surface area (Å²) >= 11 is 11.2. The SMILES string of the molecule is C[C@]12C=CC(=O)C=C1CC[C@H]1[C@@H]3CC[C@H](C(=O)O)[C@@]3(COC(=O)C(Cl)Cl)C[C@H](O)[C@@]12F. The van der Waals surface area contributed by atoms with Crippen LogP contribution in [-0.4, -0.2) is 51.2 Å². The zero-order chi connectivity index (χ0) is 22.8. The second-order valence-electron chi connectivity index (χ2n) is 9.46. The van der Waals surface area contributed by atoms with Crippen LogP contribution in [0, 0.1) is 28.6 Å². The Bertz CT molecular complexity index is 887. The molecule has 0 aliphatic heterocycles. The quantitative estimate of drug-likeness (QED) is 0.478. The molecule has 2 N–H and O–H groups in total. The predicted molar refractivity (Wildman–Crippen MR) is 110 cm³/mol. The molecule has 4 rings (SSSR count). The average Bonchev–Trinajstić information content (AvgIpc) is 3.07. The van der Waals surface area contributed by atoms with Crippen LogP contribution in [0.3, 0.4) is 0 Å². The van der Waals surface area contributed by atoms with E-state index in [1.54, 1.807) is 13.0 Å². The molecule has 3 fully saturated rings. The summed E-state index contributed by atoms with van der Waals surface area (Å²) < 4.78 is 22.2. The number of hydrogen-bond acceptors (Lipinski definition) is 5. The van der Waals surface area contributed by atoms with Crippen LogP contribution in [0.5, 0.6) is 0 Å². The second kappa shape index (κ2) is 7.56. The molecule has 0 aromatic carbocycles. The Balaban J connectivity index is 1.76. The number of ketones is 1. The second-order valence-corrected chi connectivity index (χ2v) is 10.6. The first-order valence-corrected chi connectivity index (χ1v) is 11.3. The molecule has 0 bridgehead atoms. The van der Waals surface area contributed by atoms with Gasteiger partial charge in [-0.05, 0) is 57.1 Å². The van der Waals surface area contributed by atoms with E-state index >= 15 is 4.39 Å². The van der Waals surface area contributed by atoms with Crippen LogP contribution in [0.15, 0.2) is 23.8 Å². The van der Waals surface area contributed by atoms with E-state index in [9.17, 15) is 24.6 Å². The van der Waals surface area contributed by atoms with Crippen LogP contribution < -0.4 is 0 Å². The maximum Gasteiger partial charge on any atom is 0.339 e. The highest BCUT2D eigenvalue weighted by molar-refractivity contribution is 6.52. The lowest BCUT2D eigenvalue weighted by atomic mass is 9.45. The molecule has 4 aliphatic carbocycles. The summed E-state index contributed by atoms with van der Waals surface area (Å²) in [4.78, 5) is 34.5. The maximum atomic E-state index is 17.0. The Kier molecular flexibility index (Phi) is 5.55. The van der Waals surface area contributed by atoms with Gasteiger partial charge in [-0.15, -0.1) is 0 Å². The van der Waals surface area contributed by atoms with E-state index in [0.717, 1.165) is 0 Å². The van der Waals surface area contributed by atoms with Crippen molar-refractivity contribution >= 4 is 40.9 Å². The van der Waals surface area contributed by atoms with Crippen molar-refractivity contribution in [2.45, 2.75) is 55.6 Å². The van der Waals surface area contributed by atoms with Crippen molar-refractivity contribution in [3.8, 4) is 0 Å². The Hall–Kier alpha value is -1.44. The molecule has 0 heterocycles. The van der Waals surface area contributed by atoms with Crippen molar-refractivity contribution in [3.63, 3.8) is 0 Å². The first-order valence-electron chi connectivity index (χ1n) is 10.5. The van der Waals surface area contributed by atoms with Gasteiger partial charge in [-0.1, -0.05) is 34.9 Å². The molecule has 0 amide bonds. The summed E-state index contributed by atoms with van der Waals surface area (Å²) in [6.45, 7) is 1.40. The third-order valence-corrected chi connectivity index (χ3v) is 8.68. The maximum absolute atomic E-state index is 17.0. The predicted octanol–water partition coefficient (Wildman–Crippen LogP) is 3.39. The van der Waals surface area contributed by atoms with E-state index in [1.807, 2.05) is 0 Å². The summed E-state index contributed by atoms with van der Waals surface area (Å²) in [6.07, 6.45) is 4.25. The first kappa shape index (κ1) is 22.7. The number of carbonyl (C=O) groups excluding carboxylic acids is 2. The molecule has 9 heteroatoms. The molecule has 0 radical (unpaired) electrons. The standard InChI is InChI=1S/C22H25Cl2FO6/c1-20-7-6-12(26)8-11(20)2-3-14-13-4-5-15(18(28)29)21(13,9-16(27)22(14,20)25)10-31-19(30)17(23)24/h6-8,13-17,27H,2-5,9-10H2,1H3,(H,28,29)/t13-,14-,15+,16-,20-,21+,22-/m0/s1. The molecule has 6 nitrogen and oxygen atoms in total. The van der Waals surface area contributed by atoms with Crippen LogP contribution in [-0.2, 0) is 19.1 Å². The zero-order valence-electron chi connectivity index (χ0n) is 17.0. The number of carboxylic acids is 1. The largest absolute Gasteiger partial charge is 0.481 e. The van der Waals surface area contributed by atoms with Gasteiger partial charge >= 0.3 is 11.9 Å². The van der Waals surface area contributed by atoms with E-state index in [0.29, 0.717) is 31.3 Å². The van der Waals surface area contributed by atoms with Crippen molar-refractivity contribution in [1.82, 2.24) is 0 Å². The van der Waals surface area contributed by atoms with Crippen LogP contribution in [0.25, 0.3) is 0 Å². The van der Waals surface area contributed by atoms with Crippen LogP contribution in [0.4, 0.5) is 4.39 Å². The Morgan fingerprint density at radius 1 is 1.29 bits per heavy atom. The number of aliphatic carboxylic acids is 1. The Morgan fingerprint density at radius 2 is 2.00 bits per heavy atom. The van der Waals surface area contributed by atoms with Crippen LogP contribution >= 0.6 is 23.2 Å². The lowest BCUT2D eigenvalue weighted by Gasteiger charge is -2.62. The van der Waals surface area contributed by atoms with Crippen molar-refractivity contribution in [2.75, 3.05) is 6.61 Å². The zero-order valence-corrected chi connectivity index (χ0v) is 18.5. The van der Waals surface area contributed by atoms with Gasteiger partial charge < -0.3 is 14.9 Å². The number of halogens is 3. The Labute approximate surface area is 189 Å². The van der Waals surface area contributed by atoms with Crippen LogP contribution in [0.2, 0.25) is 0 Å². The van der Waals surface area contributed by atoms with E-state index in [1.165, 1.54) is 12.2 Å². The number of ether oxygens (including phenoxy) is 1. The Morgan fingerprint density at radius 3 is 2.65 bits per heavy atom. The van der Waals surface area contributed by atoms with Crippen molar-refractivity contribution in [2.24, 2.45) is 28.6 Å². The fourth-order valence-electron chi connectivity index (χ4n) is 6.91. The fraction of sp³-hybridized carbons (Fsp3) is 0.682. The number of esters is 1. The van der Waals surface area contributed by atoms with Crippen molar-refractivity contribution in [1.29, 1.82) is 0 Å². The summed E-state index contributed by atoms with van der Waals surface area (Å²) in [5, 5.41) is 21.1. The number of rotatable bonds is 4. The number of alkyl halides is 3. The molecule has 0 aromatic heterocycles. The molecule has 31 heavy (non-hydrogen) atoms. The summed E-state index contributed by atoms with van der Waals surface area (Å²) in [5.74, 6) is -4.11. The topological polar surface area (TPSA) is 101 Å². The third-order valence-electron chi connectivity index (χ3n) is 8.33. The summed E-state index contributed by atoms with van der Waals surface area (Å²) in [6, 6.07) is 0. The number of aliphatic hydroxyl groups is 1. The van der Waals surface area contributed by atoms with Gasteiger partial charge in [0.25, 0.3) is 0 Å². The van der Waals surface area contributed by atoms with E-state index in [-0.39, 0.29) is 18.8 Å². The molecule has 0 saturated heterocycles. The number of hydrogen-bond donors (Lipinski definition) is 2. The molecule has 0 spiro atoms. The summed E-state index contributed by atoms with van der Waals surface area (Å²) in [7, 11) is 0. The molecular formula is C22H25Cl2FO6. The number of carboxylic acid groups (broad SMARTS) is 1. The first-order chi connectivity index (χ1) is 14.5. The lowest BCUT2D eigenvalue weighted by molar-refractivity contribution is -0.212. The molecule has 4 aliphatic rings. The molecule has 3 saturated carbocycles. The van der Waals surface area contributed by atoms with Gasteiger partial charge in [-0.25, -0.2) is 9.18 Å². The molecule has 0 unspecified atom stereocenters. The lowest BCUT2D eigenvalue weighted by Crippen LogP contribution is -2.68. The van der Waals surface area contributed by atoms with Gasteiger partial charge in [0, 0.05) is 16.7 Å². The number of carbonyl (C=O) groups is 3. The minimum Gasteiger partial charge on any atom is -0.481 e. The third kappa shape index (κ3) is 3.10. The highest BCUT2D eigenvalue weighted by Gasteiger charge is 2.72. The smallest absolute Gasteiger partial charge is 0.339 e. The highest BCUT2D eigenvalue weighted by atomic mass is 35.5. The van der Waals surface area contributed by atoms with Crippen LogP contribution in [0.1, 0.15) is 39.0 Å². The van der Waals surface area contributed by atoms with Gasteiger partial charge in [-0.3, -0.25) is 9.59 Å². The van der Waals surface area contributed by atoms with Crippen molar-refractivity contribution < 1.29 is 33.7 Å². The van der Waals surface area contributed by atoms with E-state index < -0.39 is 57.1 Å². The minimum absolute atomic E-state index is 0.172. The number of allylic oxidation sites excluding steroid dienone is 4. The number of aliphatic hydroxyl groups excluding tert-OH is 1. The van der Waals surface area contributed by atoms with E-state index in [4.69, 9.17) is 27.9 Å². The molecular weight excluding hydrogens is 450 g/mol. The molecule has 7 atom stereocenters. The fourth-order valence-corrected chi connectivity index (χ4v) is 7.04. The van der Waals surface area contributed by atoms with Gasteiger partial charge in [0.05, 0.1) is 18.6 Å². The van der Waals surface area contributed by atoms with Gasteiger partial charge in [-0.2, -0.15) is 0 Å². The van der Waals surface area contributed by atoms with E-state index in [2.05, 4.69) is 0 Å². The summed E-state index contributed by atoms with van der Waals surface area (Å²) in [5.41, 5.74) is -3.70.